The van der Waals surface area contributed by atoms with Crippen molar-refractivity contribution < 1.29 is 19.1 Å². The summed E-state index contributed by atoms with van der Waals surface area (Å²) < 4.78 is 5.12. The number of para-hydroxylation sites is 1. The number of hydrogen-bond donors (Lipinski definition) is 2. The van der Waals surface area contributed by atoms with E-state index in [0.29, 0.717) is 11.3 Å². The number of aliphatic hydroxyl groups is 1. The normalized spacial score (nSPS) is 12.0. The molecule has 0 aliphatic carbocycles. The first-order valence-electron chi connectivity index (χ1n) is 7.78. The van der Waals surface area contributed by atoms with Gasteiger partial charge in [-0.25, -0.2) is 0 Å². The lowest BCUT2D eigenvalue weighted by atomic mass is 10.1. The number of carbonyl (C=O) groups excluding carboxylic acids is 2. The van der Waals surface area contributed by atoms with Gasteiger partial charge >= 0.3 is 0 Å². The van der Waals surface area contributed by atoms with Crippen molar-refractivity contribution in [2.24, 2.45) is 5.92 Å². The molecular formula is C18H22N2O4. The van der Waals surface area contributed by atoms with Gasteiger partial charge < -0.3 is 19.7 Å². The van der Waals surface area contributed by atoms with Gasteiger partial charge in [0.2, 0.25) is 0 Å². The Hall–Kier alpha value is -2.60. The maximum atomic E-state index is 12.4. The summed E-state index contributed by atoms with van der Waals surface area (Å²) in [6.07, 6.45) is 0.802. The fraction of sp³-hybridized carbons (Fsp3) is 0.333. The van der Waals surface area contributed by atoms with E-state index >= 15 is 0 Å². The first kappa shape index (κ1) is 17.7. The minimum Gasteiger partial charge on any atom is -0.459 e. The van der Waals surface area contributed by atoms with Crippen molar-refractivity contribution in [1.82, 2.24) is 5.32 Å². The second-order valence-electron chi connectivity index (χ2n) is 5.88. The van der Waals surface area contributed by atoms with Crippen LogP contribution in [0.15, 0.2) is 47.1 Å². The molecule has 0 radical (unpaired) electrons. The number of nitrogens with zero attached hydrogens (tertiary/aromatic N) is 1. The van der Waals surface area contributed by atoms with Crippen molar-refractivity contribution in [3.8, 4) is 0 Å². The highest BCUT2D eigenvalue weighted by molar-refractivity contribution is 6.09. The van der Waals surface area contributed by atoms with E-state index in [-0.39, 0.29) is 30.0 Å². The average molecular weight is 330 g/mol. The molecule has 0 saturated carbocycles. The van der Waals surface area contributed by atoms with E-state index in [0.717, 1.165) is 0 Å². The molecule has 1 atom stereocenters. The highest BCUT2D eigenvalue weighted by Crippen LogP contribution is 2.21. The van der Waals surface area contributed by atoms with Crippen LogP contribution in [0.25, 0.3) is 0 Å². The predicted octanol–water partition coefficient (Wildman–Crippen LogP) is 2.30. The fourth-order valence-corrected chi connectivity index (χ4v) is 2.16. The van der Waals surface area contributed by atoms with Crippen molar-refractivity contribution in [2.75, 3.05) is 18.5 Å². The first-order chi connectivity index (χ1) is 11.4. The minimum atomic E-state index is -0.622. The van der Waals surface area contributed by atoms with Gasteiger partial charge in [0.1, 0.15) is 0 Å². The van der Waals surface area contributed by atoms with Gasteiger partial charge in [0.25, 0.3) is 11.8 Å². The number of nitrogens with one attached hydrogen (secondary N) is 1. The number of aliphatic hydroxyl groups excluding tert-OH is 1. The van der Waals surface area contributed by atoms with Gasteiger partial charge in [-0.15, -0.1) is 0 Å². The van der Waals surface area contributed by atoms with Crippen LogP contribution < -0.4 is 10.2 Å². The lowest BCUT2D eigenvalue weighted by Gasteiger charge is -2.20. The molecule has 0 aliphatic rings. The summed E-state index contributed by atoms with van der Waals surface area (Å²) in [7, 11) is 1.58. The summed E-state index contributed by atoms with van der Waals surface area (Å²) in [6.45, 7) is 3.90. The molecular weight excluding hydrogens is 308 g/mol. The first-order valence-corrected chi connectivity index (χ1v) is 7.78. The Bertz CT molecular complexity index is 695. The van der Waals surface area contributed by atoms with Crippen LogP contribution in [0.2, 0.25) is 0 Å². The van der Waals surface area contributed by atoms with E-state index in [1.165, 1.54) is 11.2 Å². The zero-order valence-corrected chi connectivity index (χ0v) is 14.0. The van der Waals surface area contributed by atoms with E-state index in [1.54, 1.807) is 43.4 Å². The highest BCUT2D eigenvalue weighted by atomic mass is 16.3. The molecule has 2 rings (SSSR count). The quantitative estimate of drug-likeness (QED) is 0.851. The van der Waals surface area contributed by atoms with Crippen molar-refractivity contribution in [2.45, 2.75) is 20.0 Å². The summed E-state index contributed by atoms with van der Waals surface area (Å²) in [5.41, 5.74) is 0.825. The number of rotatable bonds is 6. The Labute approximate surface area is 141 Å². The molecule has 1 aromatic heterocycles. The van der Waals surface area contributed by atoms with Gasteiger partial charge in [0.15, 0.2) is 5.76 Å². The van der Waals surface area contributed by atoms with Crippen molar-refractivity contribution >= 4 is 17.5 Å². The third-order valence-electron chi connectivity index (χ3n) is 3.79. The van der Waals surface area contributed by atoms with Crippen molar-refractivity contribution in [3.05, 3.63) is 54.0 Å². The predicted molar refractivity (Wildman–Crippen MR) is 91.1 cm³/mol. The van der Waals surface area contributed by atoms with Crippen LogP contribution in [0, 0.1) is 5.92 Å². The molecule has 128 valence electrons. The van der Waals surface area contributed by atoms with Crippen LogP contribution in [0.3, 0.4) is 0 Å². The Morgan fingerprint density at radius 1 is 1.21 bits per heavy atom. The molecule has 2 amide bonds. The molecule has 0 bridgehead atoms. The van der Waals surface area contributed by atoms with E-state index in [2.05, 4.69) is 5.32 Å². The minimum absolute atomic E-state index is 0.0451. The van der Waals surface area contributed by atoms with Gasteiger partial charge in [-0.2, -0.15) is 0 Å². The van der Waals surface area contributed by atoms with E-state index in [4.69, 9.17) is 4.42 Å². The van der Waals surface area contributed by atoms with E-state index in [1.807, 2.05) is 13.8 Å². The van der Waals surface area contributed by atoms with Crippen LogP contribution in [-0.2, 0) is 0 Å². The molecule has 2 N–H and O–H groups in total. The average Bonchev–Trinajstić information content (AvgIpc) is 3.12. The third kappa shape index (κ3) is 4.02. The second-order valence-corrected chi connectivity index (χ2v) is 5.88. The number of carbonyl (C=O) groups is 2. The van der Waals surface area contributed by atoms with Gasteiger partial charge in [-0.3, -0.25) is 9.59 Å². The number of amides is 2. The smallest absolute Gasteiger partial charge is 0.293 e. The number of anilines is 1. The van der Waals surface area contributed by atoms with Crippen molar-refractivity contribution in [1.29, 1.82) is 0 Å². The summed E-state index contributed by atoms with van der Waals surface area (Å²) in [6, 6.07) is 10.0. The number of furan rings is 1. The SMILES string of the molecule is CC(C)C(O)CNC(=O)c1ccccc1N(C)C(=O)c1ccco1. The third-order valence-corrected chi connectivity index (χ3v) is 3.79. The molecule has 1 heterocycles. The van der Waals surface area contributed by atoms with E-state index in [9.17, 15) is 14.7 Å². The summed E-state index contributed by atoms with van der Waals surface area (Å²) in [5.74, 6) is -0.446. The van der Waals surface area contributed by atoms with Gasteiger partial charge in [-0.1, -0.05) is 26.0 Å². The zero-order chi connectivity index (χ0) is 17.7. The Kier molecular flexibility index (Phi) is 5.76. The van der Waals surface area contributed by atoms with Crippen LogP contribution in [0.4, 0.5) is 5.69 Å². The summed E-state index contributed by atoms with van der Waals surface area (Å²) >= 11 is 0. The lowest BCUT2D eigenvalue weighted by molar-refractivity contribution is 0.0872. The van der Waals surface area contributed by atoms with Gasteiger partial charge in [0, 0.05) is 13.6 Å². The van der Waals surface area contributed by atoms with Crippen LogP contribution in [-0.4, -0.2) is 36.6 Å². The molecule has 6 nitrogen and oxygen atoms in total. The molecule has 1 unspecified atom stereocenters. The molecule has 2 aromatic rings. The van der Waals surface area contributed by atoms with Crippen LogP contribution >= 0.6 is 0 Å². The van der Waals surface area contributed by atoms with Crippen LogP contribution in [0.1, 0.15) is 34.8 Å². The molecule has 0 fully saturated rings. The monoisotopic (exact) mass is 330 g/mol. The fourth-order valence-electron chi connectivity index (χ4n) is 2.16. The standard InChI is InChI=1S/C18H22N2O4/c1-12(2)15(21)11-19-17(22)13-7-4-5-8-14(13)20(3)18(23)16-9-6-10-24-16/h4-10,12,15,21H,11H2,1-3H3,(H,19,22). The highest BCUT2D eigenvalue weighted by Gasteiger charge is 2.21. The Morgan fingerprint density at radius 3 is 2.54 bits per heavy atom. The Morgan fingerprint density at radius 2 is 1.92 bits per heavy atom. The molecule has 0 aliphatic heterocycles. The topological polar surface area (TPSA) is 82.8 Å². The summed E-state index contributed by atoms with van der Waals surface area (Å²) in [5, 5.41) is 12.5. The summed E-state index contributed by atoms with van der Waals surface area (Å²) in [4.78, 5) is 26.2. The number of benzene rings is 1. The molecule has 24 heavy (non-hydrogen) atoms. The second kappa shape index (κ2) is 7.79. The van der Waals surface area contributed by atoms with Gasteiger partial charge in [-0.05, 0) is 30.2 Å². The molecule has 0 spiro atoms. The molecule has 0 saturated heterocycles. The zero-order valence-electron chi connectivity index (χ0n) is 14.0. The maximum absolute atomic E-state index is 12.4. The van der Waals surface area contributed by atoms with E-state index < -0.39 is 6.10 Å². The van der Waals surface area contributed by atoms with Crippen molar-refractivity contribution in [3.63, 3.8) is 0 Å². The molecule has 1 aromatic carbocycles. The Balaban J connectivity index is 2.17. The lowest BCUT2D eigenvalue weighted by Crippen LogP contribution is -2.36. The van der Waals surface area contributed by atoms with Gasteiger partial charge in [0.05, 0.1) is 23.6 Å². The van der Waals surface area contributed by atoms with Crippen LogP contribution in [0.5, 0.6) is 0 Å². The molecule has 6 heteroatoms. The maximum Gasteiger partial charge on any atom is 0.293 e. The largest absolute Gasteiger partial charge is 0.459 e. The number of hydrogen-bond acceptors (Lipinski definition) is 4.